The van der Waals surface area contributed by atoms with Gasteiger partial charge in [0.15, 0.2) is 0 Å². The van der Waals surface area contributed by atoms with Gasteiger partial charge in [-0.1, -0.05) is 42.5 Å². The zero-order valence-corrected chi connectivity index (χ0v) is 17.1. The molecule has 156 valence electrons. The molecule has 0 N–H and O–H groups in total. The van der Waals surface area contributed by atoms with E-state index in [4.69, 9.17) is 4.74 Å². The Labute approximate surface area is 175 Å². The quantitative estimate of drug-likeness (QED) is 0.499. The molecule has 3 aromatic rings. The van der Waals surface area contributed by atoms with Gasteiger partial charge in [0.1, 0.15) is 0 Å². The Kier molecular flexibility index (Phi) is 4.92. The second-order valence-corrected chi connectivity index (χ2v) is 8.25. The average Bonchev–Trinajstić information content (AvgIpc) is 3.06. The first-order valence-electron chi connectivity index (χ1n) is 9.35. The van der Waals surface area contributed by atoms with Crippen molar-refractivity contribution in [3.05, 3.63) is 59.7 Å². The molecule has 8 heteroatoms. The number of rotatable bonds is 4. The zero-order chi connectivity index (χ0) is 21.7. The fourth-order valence-electron chi connectivity index (χ4n) is 4.01. The first-order valence-corrected chi connectivity index (χ1v) is 10.3. The Morgan fingerprint density at radius 1 is 1.13 bits per heavy atom. The van der Waals surface area contributed by atoms with Gasteiger partial charge in [-0.3, -0.25) is 9.36 Å². The molecule has 1 aliphatic rings. The molecule has 2 heterocycles. The maximum absolute atomic E-state index is 13.7. The summed E-state index contributed by atoms with van der Waals surface area (Å²) >= 11 is -0.218. The SMILES string of the molecule is CCOC(=O)c1c2n(c3ccccc13)C(=O)[C@@](C)(CSC(F)(F)F)c1ccccc1-2. The van der Waals surface area contributed by atoms with Gasteiger partial charge in [0.2, 0.25) is 5.91 Å². The number of halogens is 3. The van der Waals surface area contributed by atoms with E-state index < -0.39 is 28.6 Å². The summed E-state index contributed by atoms with van der Waals surface area (Å²) in [5.74, 6) is -1.54. The van der Waals surface area contributed by atoms with E-state index in [1.54, 1.807) is 55.5 Å². The summed E-state index contributed by atoms with van der Waals surface area (Å²) in [7, 11) is 0. The Hall–Kier alpha value is -2.74. The van der Waals surface area contributed by atoms with Crippen molar-refractivity contribution in [2.75, 3.05) is 12.4 Å². The van der Waals surface area contributed by atoms with E-state index in [1.165, 1.54) is 11.5 Å². The molecule has 1 atom stereocenters. The molecule has 0 aliphatic carbocycles. The Balaban J connectivity index is 2.03. The standard InChI is InChI=1S/C22H18F3NO3S/c1-3-29-19(27)17-14-9-5-7-11-16(14)26-18(17)13-8-4-6-10-15(13)21(2,20(26)28)12-30-22(23,24)25/h4-11H,3,12H2,1-2H3/t21-/m0/s1. The third-order valence-corrected chi connectivity index (χ3v) is 6.38. The number of hydrogen-bond donors (Lipinski definition) is 0. The molecular weight excluding hydrogens is 415 g/mol. The molecule has 0 spiro atoms. The minimum Gasteiger partial charge on any atom is -0.462 e. The van der Waals surface area contributed by atoms with E-state index in [-0.39, 0.29) is 23.9 Å². The van der Waals surface area contributed by atoms with Crippen molar-refractivity contribution >= 4 is 34.5 Å². The summed E-state index contributed by atoms with van der Waals surface area (Å²) in [5, 5.41) is 0.529. The number of alkyl halides is 3. The number of benzene rings is 2. The molecule has 1 aliphatic heterocycles. The molecule has 0 radical (unpaired) electrons. The first-order chi connectivity index (χ1) is 14.2. The van der Waals surface area contributed by atoms with Gasteiger partial charge in [0.05, 0.1) is 28.8 Å². The number of carbonyl (C=O) groups excluding carboxylic acids is 2. The van der Waals surface area contributed by atoms with Crippen LogP contribution in [0.3, 0.4) is 0 Å². The number of esters is 1. The Bertz CT molecular complexity index is 1170. The molecule has 30 heavy (non-hydrogen) atoms. The highest BCUT2D eigenvalue weighted by molar-refractivity contribution is 8.00. The van der Waals surface area contributed by atoms with E-state index in [0.29, 0.717) is 27.7 Å². The third-order valence-electron chi connectivity index (χ3n) is 5.33. The number of thioether (sulfide) groups is 1. The smallest absolute Gasteiger partial charge is 0.441 e. The minimum absolute atomic E-state index is 0.160. The number of para-hydroxylation sites is 1. The molecule has 0 amide bonds. The molecule has 1 aromatic heterocycles. The van der Waals surface area contributed by atoms with Crippen molar-refractivity contribution in [1.29, 1.82) is 0 Å². The largest absolute Gasteiger partial charge is 0.462 e. The highest BCUT2D eigenvalue weighted by atomic mass is 32.2. The van der Waals surface area contributed by atoms with Crippen molar-refractivity contribution in [3.8, 4) is 11.3 Å². The van der Waals surface area contributed by atoms with Crippen LogP contribution in [0.2, 0.25) is 0 Å². The van der Waals surface area contributed by atoms with Crippen molar-refractivity contribution in [1.82, 2.24) is 4.57 Å². The highest BCUT2D eigenvalue weighted by Crippen LogP contribution is 2.48. The summed E-state index contributed by atoms with van der Waals surface area (Å²) in [6, 6.07) is 13.7. The van der Waals surface area contributed by atoms with Gasteiger partial charge < -0.3 is 4.74 Å². The third kappa shape index (κ3) is 3.10. The van der Waals surface area contributed by atoms with Crippen LogP contribution in [-0.2, 0) is 10.2 Å². The van der Waals surface area contributed by atoms with Crippen LogP contribution in [0.25, 0.3) is 22.2 Å². The van der Waals surface area contributed by atoms with E-state index in [1.807, 2.05) is 0 Å². The van der Waals surface area contributed by atoms with Crippen molar-refractivity contribution in [3.63, 3.8) is 0 Å². The molecule has 0 bridgehead atoms. The predicted octanol–water partition coefficient (Wildman–Crippen LogP) is 5.65. The van der Waals surface area contributed by atoms with E-state index in [2.05, 4.69) is 0 Å². The van der Waals surface area contributed by atoms with Crippen LogP contribution >= 0.6 is 11.8 Å². The van der Waals surface area contributed by atoms with Crippen molar-refractivity contribution < 1.29 is 27.5 Å². The molecule has 0 fully saturated rings. The van der Waals surface area contributed by atoms with Crippen LogP contribution in [0.15, 0.2) is 48.5 Å². The molecule has 0 unspecified atom stereocenters. The lowest BCUT2D eigenvalue weighted by molar-refractivity contribution is -0.0330. The molecular formula is C22H18F3NO3S. The Morgan fingerprint density at radius 3 is 2.50 bits per heavy atom. The fourth-order valence-corrected chi connectivity index (χ4v) is 4.75. The van der Waals surface area contributed by atoms with Crippen LogP contribution in [0.5, 0.6) is 0 Å². The first kappa shape index (κ1) is 20.5. The monoisotopic (exact) mass is 433 g/mol. The maximum Gasteiger partial charge on any atom is 0.441 e. The Morgan fingerprint density at radius 2 is 1.80 bits per heavy atom. The lowest BCUT2D eigenvalue weighted by atomic mass is 9.77. The van der Waals surface area contributed by atoms with Crippen molar-refractivity contribution in [2.24, 2.45) is 0 Å². The van der Waals surface area contributed by atoms with Gasteiger partial charge in [-0.25, -0.2) is 4.79 Å². The summed E-state index contributed by atoms with van der Waals surface area (Å²) in [5.41, 5.74) is -3.78. The average molecular weight is 433 g/mol. The summed E-state index contributed by atoms with van der Waals surface area (Å²) < 4.78 is 45.6. The maximum atomic E-state index is 13.7. The summed E-state index contributed by atoms with van der Waals surface area (Å²) in [6.45, 7) is 3.37. The minimum atomic E-state index is -4.46. The van der Waals surface area contributed by atoms with Gasteiger partial charge >= 0.3 is 11.5 Å². The van der Waals surface area contributed by atoms with Gasteiger partial charge in [0, 0.05) is 16.7 Å². The number of ether oxygens (including phenoxy) is 1. The van der Waals surface area contributed by atoms with E-state index in [0.717, 1.165) is 0 Å². The number of aromatic nitrogens is 1. The van der Waals surface area contributed by atoms with Crippen LogP contribution in [0.1, 0.15) is 34.6 Å². The highest BCUT2D eigenvalue weighted by Gasteiger charge is 2.47. The van der Waals surface area contributed by atoms with Crippen LogP contribution in [0, 0.1) is 0 Å². The van der Waals surface area contributed by atoms with Gasteiger partial charge in [-0.15, -0.1) is 0 Å². The van der Waals surface area contributed by atoms with Crippen molar-refractivity contribution in [2.45, 2.75) is 24.8 Å². The second-order valence-electron chi connectivity index (χ2n) is 7.21. The normalized spacial score (nSPS) is 18.2. The molecule has 4 rings (SSSR count). The van der Waals surface area contributed by atoms with Crippen LogP contribution in [0.4, 0.5) is 13.2 Å². The lowest BCUT2D eigenvalue weighted by Gasteiger charge is -2.35. The van der Waals surface area contributed by atoms with E-state index >= 15 is 0 Å². The number of fused-ring (bicyclic) bond motifs is 5. The molecule has 0 saturated heterocycles. The number of nitrogens with zero attached hydrogens (tertiary/aromatic N) is 1. The lowest BCUT2D eigenvalue weighted by Crippen LogP contribution is -2.43. The second kappa shape index (κ2) is 7.19. The van der Waals surface area contributed by atoms with Crippen LogP contribution in [-0.4, -0.2) is 34.3 Å². The van der Waals surface area contributed by atoms with Gasteiger partial charge in [-0.2, -0.15) is 13.2 Å². The van der Waals surface area contributed by atoms with Gasteiger partial charge in [0.25, 0.3) is 0 Å². The van der Waals surface area contributed by atoms with E-state index in [9.17, 15) is 22.8 Å². The fraction of sp³-hybridized carbons (Fsp3) is 0.273. The zero-order valence-electron chi connectivity index (χ0n) is 16.2. The summed E-state index contributed by atoms with van der Waals surface area (Å²) in [4.78, 5) is 26.5. The van der Waals surface area contributed by atoms with Gasteiger partial charge in [-0.05, 0) is 37.2 Å². The predicted molar refractivity (Wildman–Crippen MR) is 110 cm³/mol. The number of hydrogen-bond acceptors (Lipinski definition) is 4. The molecule has 2 aromatic carbocycles. The molecule has 0 saturated carbocycles. The number of carbonyl (C=O) groups is 2. The molecule has 4 nitrogen and oxygen atoms in total. The van der Waals surface area contributed by atoms with Crippen LogP contribution < -0.4 is 0 Å². The topological polar surface area (TPSA) is 48.3 Å². The summed E-state index contributed by atoms with van der Waals surface area (Å²) in [6.07, 6.45) is 0.